The second-order valence-corrected chi connectivity index (χ2v) is 9.89. The molecule has 0 bridgehead atoms. The third kappa shape index (κ3) is 4.87. The summed E-state index contributed by atoms with van der Waals surface area (Å²) in [7, 11) is 1.54. The SMILES string of the molecule is COc1ccc([N+](=O)[O-])cc1-n1c(C)cc([C@@H]2[C@H](c3ccccn3)NC(=S)N2c2ccc(NC(C)=O)cc2)c1C. The number of nitro groups is 1. The maximum absolute atomic E-state index is 11.6. The topological polar surface area (TPSA) is 115 Å². The Morgan fingerprint density at radius 3 is 2.50 bits per heavy atom. The molecule has 1 aliphatic heterocycles. The Labute approximate surface area is 236 Å². The minimum atomic E-state index is -0.416. The number of thiocarbonyl (C=S) groups is 1. The fourth-order valence-electron chi connectivity index (χ4n) is 5.28. The number of amides is 1. The normalized spacial score (nSPS) is 16.5. The molecule has 1 amide bonds. The van der Waals surface area contributed by atoms with E-state index < -0.39 is 4.92 Å². The number of methoxy groups -OCH3 is 1. The number of aryl methyl sites for hydroxylation is 1. The van der Waals surface area contributed by atoms with Gasteiger partial charge in [0.2, 0.25) is 5.91 Å². The number of hydrogen-bond donors (Lipinski definition) is 2. The lowest BCUT2D eigenvalue weighted by Gasteiger charge is -2.28. The summed E-state index contributed by atoms with van der Waals surface area (Å²) in [6.07, 6.45) is 1.75. The molecule has 2 aromatic heterocycles. The molecule has 3 heterocycles. The van der Waals surface area contributed by atoms with Crippen LogP contribution in [0.3, 0.4) is 0 Å². The summed E-state index contributed by atoms with van der Waals surface area (Å²) >= 11 is 5.86. The van der Waals surface area contributed by atoms with Gasteiger partial charge in [0.15, 0.2) is 5.11 Å². The fraction of sp³-hybridized carbons (Fsp3) is 0.207. The molecule has 0 radical (unpaired) electrons. The first-order chi connectivity index (χ1) is 19.2. The minimum Gasteiger partial charge on any atom is -0.495 e. The number of aromatic nitrogens is 2. The molecule has 2 atom stereocenters. The lowest BCUT2D eigenvalue weighted by atomic mass is 9.96. The number of ether oxygens (including phenoxy) is 1. The van der Waals surface area contributed by atoms with Crippen molar-refractivity contribution in [3.8, 4) is 11.4 Å². The lowest BCUT2D eigenvalue weighted by molar-refractivity contribution is -0.384. The Hall–Kier alpha value is -4.77. The zero-order valence-corrected chi connectivity index (χ0v) is 23.2. The van der Waals surface area contributed by atoms with Crippen molar-refractivity contribution < 1.29 is 14.5 Å². The van der Waals surface area contributed by atoms with E-state index in [2.05, 4.69) is 21.7 Å². The molecule has 5 rings (SSSR count). The van der Waals surface area contributed by atoms with Crippen molar-refractivity contribution in [2.75, 3.05) is 17.3 Å². The molecule has 0 spiro atoms. The van der Waals surface area contributed by atoms with E-state index in [0.29, 0.717) is 22.2 Å². The van der Waals surface area contributed by atoms with Crippen LogP contribution in [0.5, 0.6) is 5.75 Å². The van der Waals surface area contributed by atoms with E-state index in [4.69, 9.17) is 17.0 Å². The molecule has 1 fully saturated rings. The summed E-state index contributed by atoms with van der Waals surface area (Å²) in [6, 6.07) is 19.3. The Morgan fingerprint density at radius 2 is 1.88 bits per heavy atom. The van der Waals surface area contributed by atoms with Crippen molar-refractivity contribution >= 4 is 40.3 Å². The van der Waals surface area contributed by atoms with Crippen LogP contribution >= 0.6 is 12.2 Å². The number of nitrogens with one attached hydrogen (secondary N) is 2. The van der Waals surface area contributed by atoms with E-state index in [-0.39, 0.29) is 23.7 Å². The number of carbonyl (C=O) groups is 1. The average molecular weight is 557 g/mol. The fourth-order valence-corrected chi connectivity index (χ4v) is 5.63. The van der Waals surface area contributed by atoms with Crippen LogP contribution < -0.4 is 20.3 Å². The predicted octanol–water partition coefficient (Wildman–Crippen LogP) is 5.54. The highest BCUT2D eigenvalue weighted by molar-refractivity contribution is 7.80. The van der Waals surface area contributed by atoms with Crippen molar-refractivity contribution in [1.82, 2.24) is 14.9 Å². The van der Waals surface area contributed by atoms with Gasteiger partial charge in [-0.3, -0.25) is 19.9 Å². The van der Waals surface area contributed by atoms with Crippen LogP contribution in [0.4, 0.5) is 17.1 Å². The quantitative estimate of drug-likeness (QED) is 0.173. The molecule has 4 aromatic rings. The Bertz CT molecular complexity index is 1600. The summed E-state index contributed by atoms with van der Waals surface area (Å²) in [5, 5.41) is 18.4. The van der Waals surface area contributed by atoms with Gasteiger partial charge in [-0.25, -0.2) is 0 Å². The predicted molar refractivity (Wildman–Crippen MR) is 157 cm³/mol. The second kappa shape index (κ2) is 10.8. The molecular formula is C29H28N6O4S. The van der Waals surface area contributed by atoms with Crippen LogP contribution in [0, 0.1) is 24.0 Å². The first kappa shape index (κ1) is 26.8. The molecule has 1 saturated heterocycles. The molecular weight excluding hydrogens is 528 g/mol. The van der Waals surface area contributed by atoms with Crippen LogP contribution in [0.2, 0.25) is 0 Å². The molecule has 0 aliphatic carbocycles. The van der Waals surface area contributed by atoms with Crippen LogP contribution in [0.25, 0.3) is 5.69 Å². The summed E-state index contributed by atoms with van der Waals surface area (Å²) < 4.78 is 7.56. The highest BCUT2D eigenvalue weighted by Crippen LogP contribution is 2.44. The zero-order valence-electron chi connectivity index (χ0n) is 22.4. The summed E-state index contributed by atoms with van der Waals surface area (Å²) in [5.41, 5.74) is 5.63. The van der Waals surface area contributed by atoms with Gasteiger partial charge in [-0.05, 0) is 80.2 Å². The standard InChI is InChI=1S/C29H28N6O4S/c1-17-15-23(18(2)33(17)25-16-22(35(37)38)12-13-26(25)39-4)28-27(24-7-5-6-14-30-24)32-29(40)34(28)21-10-8-20(9-11-21)31-19(3)36/h5-16,27-28H,1-4H3,(H,31,36)(H,32,40)/t27-,28+/m0/s1. The van der Waals surface area contributed by atoms with Crippen LogP contribution in [0.1, 0.15) is 41.7 Å². The largest absolute Gasteiger partial charge is 0.495 e. The van der Waals surface area contributed by atoms with Gasteiger partial charge >= 0.3 is 0 Å². The van der Waals surface area contributed by atoms with Crippen molar-refractivity contribution in [3.63, 3.8) is 0 Å². The molecule has 1 aliphatic rings. The van der Waals surface area contributed by atoms with E-state index in [1.807, 2.05) is 65.8 Å². The van der Waals surface area contributed by atoms with Crippen LogP contribution in [0.15, 0.2) is 72.9 Å². The minimum absolute atomic E-state index is 0.0270. The Balaban J connectivity index is 1.67. The lowest BCUT2D eigenvalue weighted by Crippen LogP contribution is -2.29. The van der Waals surface area contributed by atoms with E-state index in [9.17, 15) is 14.9 Å². The van der Waals surface area contributed by atoms with Gasteiger partial charge in [0.05, 0.1) is 35.5 Å². The van der Waals surface area contributed by atoms with E-state index in [1.165, 1.54) is 19.1 Å². The van der Waals surface area contributed by atoms with E-state index in [0.717, 1.165) is 28.3 Å². The molecule has 2 aromatic carbocycles. The summed E-state index contributed by atoms with van der Waals surface area (Å²) in [5.74, 6) is 0.369. The second-order valence-electron chi connectivity index (χ2n) is 9.50. The Morgan fingerprint density at radius 1 is 1.12 bits per heavy atom. The number of nitro benzene ring substituents is 1. The Kier molecular flexibility index (Phi) is 7.22. The van der Waals surface area contributed by atoms with Crippen molar-refractivity contribution in [2.45, 2.75) is 32.9 Å². The number of hydrogen-bond acceptors (Lipinski definition) is 6. The molecule has 10 nitrogen and oxygen atoms in total. The maximum Gasteiger partial charge on any atom is 0.271 e. The van der Waals surface area contributed by atoms with Gasteiger partial charge in [0.25, 0.3) is 5.69 Å². The first-order valence-electron chi connectivity index (χ1n) is 12.6. The highest BCUT2D eigenvalue weighted by Gasteiger charge is 2.42. The van der Waals surface area contributed by atoms with Gasteiger partial charge in [-0.15, -0.1) is 0 Å². The maximum atomic E-state index is 11.6. The third-order valence-corrected chi connectivity index (χ3v) is 7.28. The molecule has 40 heavy (non-hydrogen) atoms. The van der Waals surface area contributed by atoms with Gasteiger partial charge in [-0.2, -0.15) is 0 Å². The number of non-ortho nitro benzene ring substituents is 1. The van der Waals surface area contributed by atoms with E-state index in [1.54, 1.807) is 19.4 Å². The average Bonchev–Trinajstić information content (AvgIpc) is 3.43. The third-order valence-electron chi connectivity index (χ3n) is 6.97. The van der Waals surface area contributed by atoms with Gasteiger partial charge in [-0.1, -0.05) is 6.07 Å². The smallest absolute Gasteiger partial charge is 0.271 e. The molecule has 0 unspecified atom stereocenters. The van der Waals surface area contributed by atoms with Crippen LogP contribution in [-0.4, -0.2) is 32.6 Å². The van der Waals surface area contributed by atoms with Gasteiger partial charge in [0, 0.05) is 48.0 Å². The number of nitrogens with zero attached hydrogens (tertiary/aromatic N) is 4. The van der Waals surface area contributed by atoms with Gasteiger partial charge in [0.1, 0.15) is 5.75 Å². The number of rotatable bonds is 7. The van der Waals surface area contributed by atoms with Crippen molar-refractivity contribution in [1.29, 1.82) is 0 Å². The monoisotopic (exact) mass is 556 g/mol. The number of carbonyl (C=O) groups excluding carboxylic acids is 1. The number of benzene rings is 2. The van der Waals surface area contributed by atoms with Crippen LogP contribution in [-0.2, 0) is 4.79 Å². The molecule has 0 saturated carbocycles. The molecule has 204 valence electrons. The summed E-state index contributed by atoms with van der Waals surface area (Å²) in [4.78, 5) is 29.4. The zero-order chi connectivity index (χ0) is 28.6. The molecule has 11 heteroatoms. The van der Waals surface area contributed by atoms with Crippen molar-refractivity contribution in [3.05, 3.63) is 106 Å². The van der Waals surface area contributed by atoms with Gasteiger partial charge < -0.3 is 24.8 Å². The van der Waals surface area contributed by atoms with Crippen molar-refractivity contribution in [2.24, 2.45) is 0 Å². The summed E-state index contributed by atoms with van der Waals surface area (Å²) in [6.45, 7) is 5.40. The molecule has 2 N–H and O–H groups in total. The number of anilines is 2. The first-order valence-corrected chi connectivity index (χ1v) is 13.0. The number of pyridine rings is 1. The highest BCUT2D eigenvalue weighted by atomic mass is 32.1. The van der Waals surface area contributed by atoms with E-state index >= 15 is 0 Å².